The Morgan fingerprint density at radius 2 is 2.67 bits per heavy atom. The molecule has 0 aliphatic heterocycles. The van der Waals surface area contributed by atoms with E-state index in [4.69, 9.17) is 9.52 Å². The fourth-order valence-electron chi connectivity index (χ4n) is 0.634. The van der Waals surface area contributed by atoms with Crippen LogP contribution in [-0.4, -0.2) is 16.2 Å². The van der Waals surface area contributed by atoms with Crippen LogP contribution in [0.5, 0.6) is 0 Å². The van der Waals surface area contributed by atoms with Gasteiger partial charge >= 0.3 is 0 Å². The highest BCUT2D eigenvalue weighted by atomic mass is 16.3. The molecule has 0 aliphatic rings. The number of aliphatic hydroxyl groups is 1. The standard InChI is InChI=1S/C6H9NO2/c1-5(8)2-6-3-7-4-9-6/h3-5,8H,2H2,1H3. The molecule has 3 nitrogen and oxygen atoms in total. The Morgan fingerprint density at radius 1 is 1.89 bits per heavy atom. The Bertz CT molecular complexity index is 158. The summed E-state index contributed by atoms with van der Waals surface area (Å²) in [6.45, 7) is 1.71. The number of oxazole rings is 1. The molecule has 1 aromatic rings. The molecule has 0 bridgehead atoms. The van der Waals surface area contributed by atoms with Gasteiger partial charge in [0.25, 0.3) is 0 Å². The maximum Gasteiger partial charge on any atom is 0.180 e. The number of hydrogen-bond acceptors (Lipinski definition) is 3. The van der Waals surface area contributed by atoms with Gasteiger partial charge in [0, 0.05) is 6.42 Å². The Morgan fingerprint density at radius 3 is 3.11 bits per heavy atom. The first-order valence-electron chi connectivity index (χ1n) is 2.84. The zero-order valence-electron chi connectivity index (χ0n) is 5.24. The van der Waals surface area contributed by atoms with Crippen LogP contribution in [-0.2, 0) is 6.42 Å². The zero-order valence-corrected chi connectivity index (χ0v) is 5.24. The maximum atomic E-state index is 8.84. The van der Waals surface area contributed by atoms with Crippen molar-refractivity contribution in [2.24, 2.45) is 0 Å². The molecular formula is C6H9NO2. The second-order valence-electron chi connectivity index (χ2n) is 2.02. The van der Waals surface area contributed by atoms with Gasteiger partial charge < -0.3 is 9.52 Å². The Labute approximate surface area is 53.3 Å². The highest BCUT2D eigenvalue weighted by molar-refractivity contribution is 4.89. The van der Waals surface area contributed by atoms with E-state index in [1.807, 2.05) is 0 Å². The number of rotatable bonds is 2. The molecule has 0 spiro atoms. The summed E-state index contributed by atoms with van der Waals surface area (Å²) in [6, 6.07) is 0. The third-order valence-corrected chi connectivity index (χ3v) is 0.980. The van der Waals surface area contributed by atoms with Gasteiger partial charge in [0.15, 0.2) is 6.39 Å². The summed E-state index contributed by atoms with van der Waals surface area (Å²) in [4.78, 5) is 3.70. The van der Waals surface area contributed by atoms with Crippen molar-refractivity contribution in [2.45, 2.75) is 19.4 Å². The minimum absolute atomic E-state index is 0.349. The third kappa shape index (κ3) is 1.85. The number of hydrogen-bond donors (Lipinski definition) is 1. The van der Waals surface area contributed by atoms with Gasteiger partial charge in [0.05, 0.1) is 12.3 Å². The van der Waals surface area contributed by atoms with Gasteiger partial charge in [-0.3, -0.25) is 0 Å². The fraction of sp³-hybridized carbons (Fsp3) is 0.500. The van der Waals surface area contributed by atoms with E-state index in [9.17, 15) is 0 Å². The number of aromatic nitrogens is 1. The molecule has 1 aromatic heterocycles. The minimum Gasteiger partial charge on any atom is -0.448 e. The first kappa shape index (κ1) is 6.29. The van der Waals surface area contributed by atoms with Gasteiger partial charge in [-0.15, -0.1) is 0 Å². The zero-order chi connectivity index (χ0) is 6.69. The van der Waals surface area contributed by atoms with Crippen molar-refractivity contribution in [2.75, 3.05) is 0 Å². The van der Waals surface area contributed by atoms with Crippen LogP contribution < -0.4 is 0 Å². The molecule has 0 fully saturated rings. The van der Waals surface area contributed by atoms with E-state index in [1.54, 1.807) is 13.1 Å². The highest BCUT2D eigenvalue weighted by Gasteiger charge is 1.99. The van der Waals surface area contributed by atoms with Crippen molar-refractivity contribution >= 4 is 0 Å². The van der Waals surface area contributed by atoms with Crippen LogP contribution in [0.3, 0.4) is 0 Å². The summed E-state index contributed by atoms with van der Waals surface area (Å²) < 4.78 is 4.87. The van der Waals surface area contributed by atoms with Crippen molar-refractivity contribution < 1.29 is 9.52 Å². The Kier molecular flexibility index (Phi) is 1.85. The first-order chi connectivity index (χ1) is 4.29. The van der Waals surface area contributed by atoms with Crippen molar-refractivity contribution in [1.82, 2.24) is 4.98 Å². The predicted molar refractivity (Wildman–Crippen MR) is 31.9 cm³/mol. The van der Waals surface area contributed by atoms with E-state index in [0.29, 0.717) is 6.42 Å². The molecule has 9 heavy (non-hydrogen) atoms. The SMILES string of the molecule is CC(O)Cc1cnco1. The monoisotopic (exact) mass is 127 g/mol. The summed E-state index contributed by atoms with van der Waals surface area (Å²) in [5, 5.41) is 8.84. The van der Waals surface area contributed by atoms with E-state index in [1.165, 1.54) is 6.39 Å². The molecule has 50 valence electrons. The van der Waals surface area contributed by atoms with Crippen LogP contribution in [0, 0.1) is 0 Å². The van der Waals surface area contributed by atoms with Crippen LogP contribution in [0.25, 0.3) is 0 Å². The van der Waals surface area contributed by atoms with Gasteiger partial charge in [0.2, 0.25) is 0 Å². The molecule has 0 saturated heterocycles. The molecule has 0 aromatic carbocycles. The van der Waals surface area contributed by atoms with Crippen molar-refractivity contribution in [3.05, 3.63) is 18.4 Å². The van der Waals surface area contributed by atoms with Crippen LogP contribution in [0.15, 0.2) is 17.0 Å². The van der Waals surface area contributed by atoms with Gasteiger partial charge in [-0.05, 0) is 6.92 Å². The van der Waals surface area contributed by atoms with Crippen molar-refractivity contribution in [1.29, 1.82) is 0 Å². The average molecular weight is 127 g/mol. The molecule has 1 heterocycles. The fourth-order valence-corrected chi connectivity index (χ4v) is 0.634. The molecule has 3 heteroatoms. The first-order valence-corrected chi connectivity index (χ1v) is 2.84. The van der Waals surface area contributed by atoms with Gasteiger partial charge in [-0.2, -0.15) is 0 Å². The molecule has 0 saturated carbocycles. The van der Waals surface area contributed by atoms with Crippen molar-refractivity contribution in [3.8, 4) is 0 Å². The lowest BCUT2D eigenvalue weighted by atomic mass is 10.2. The maximum absolute atomic E-state index is 8.84. The quantitative estimate of drug-likeness (QED) is 0.632. The lowest BCUT2D eigenvalue weighted by molar-refractivity contribution is 0.187. The van der Waals surface area contributed by atoms with Gasteiger partial charge in [0.1, 0.15) is 5.76 Å². The Hall–Kier alpha value is -0.830. The Balaban J connectivity index is 2.48. The van der Waals surface area contributed by atoms with Crippen LogP contribution in [0.2, 0.25) is 0 Å². The minimum atomic E-state index is -0.349. The molecule has 1 rings (SSSR count). The summed E-state index contributed by atoms with van der Waals surface area (Å²) in [5.74, 6) is 0.727. The van der Waals surface area contributed by atoms with Gasteiger partial charge in [-0.25, -0.2) is 4.98 Å². The lowest BCUT2D eigenvalue weighted by Gasteiger charge is -1.96. The highest BCUT2D eigenvalue weighted by Crippen LogP contribution is 1.99. The third-order valence-electron chi connectivity index (χ3n) is 0.980. The second-order valence-corrected chi connectivity index (χ2v) is 2.02. The predicted octanol–water partition coefficient (Wildman–Crippen LogP) is 0.598. The normalized spacial score (nSPS) is 13.6. The summed E-state index contributed by atoms with van der Waals surface area (Å²) in [6.07, 6.45) is 3.16. The van der Waals surface area contributed by atoms with E-state index < -0.39 is 0 Å². The molecule has 1 atom stereocenters. The summed E-state index contributed by atoms with van der Waals surface area (Å²) >= 11 is 0. The van der Waals surface area contributed by atoms with E-state index in [-0.39, 0.29) is 6.10 Å². The topological polar surface area (TPSA) is 46.3 Å². The van der Waals surface area contributed by atoms with Crippen LogP contribution >= 0.6 is 0 Å². The van der Waals surface area contributed by atoms with E-state index >= 15 is 0 Å². The summed E-state index contributed by atoms with van der Waals surface area (Å²) in [7, 11) is 0. The lowest BCUT2D eigenvalue weighted by Crippen LogP contribution is -2.02. The van der Waals surface area contributed by atoms with Crippen LogP contribution in [0.1, 0.15) is 12.7 Å². The summed E-state index contributed by atoms with van der Waals surface area (Å²) in [5.41, 5.74) is 0. The number of aliphatic hydroxyl groups excluding tert-OH is 1. The second kappa shape index (κ2) is 2.64. The molecule has 1 unspecified atom stereocenters. The largest absolute Gasteiger partial charge is 0.448 e. The van der Waals surface area contributed by atoms with Crippen LogP contribution in [0.4, 0.5) is 0 Å². The molecule has 0 radical (unpaired) electrons. The van der Waals surface area contributed by atoms with Gasteiger partial charge in [-0.1, -0.05) is 0 Å². The smallest absolute Gasteiger partial charge is 0.180 e. The molecular weight excluding hydrogens is 118 g/mol. The number of nitrogens with zero attached hydrogens (tertiary/aromatic N) is 1. The van der Waals surface area contributed by atoms with Crippen molar-refractivity contribution in [3.63, 3.8) is 0 Å². The molecule has 0 aliphatic carbocycles. The van der Waals surface area contributed by atoms with E-state index in [0.717, 1.165) is 5.76 Å². The average Bonchev–Trinajstić information content (AvgIpc) is 2.15. The molecule has 0 amide bonds. The van der Waals surface area contributed by atoms with E-state index in [2.05, 4.69) is 4.98 Å². The molecule has 1 N–H and O–H groups in total.